The third kappa shape index (κ3) is 4.61. The van der Waals surface area contributed by atoms with Gasteiger partial charge in [-0.3, -0.25) is 9.62 Å². The summed E-state index contributed by atoms with van der Waals surface area (Å²) >= 11 is 0. The van der Waals surface area contributed by atoms with Crippen LogP contribution in [0.3, 0.4) is 0 Å². The minimum atomic E-state index is -4.21. The number of methoxy groups -OCH3 is 1. The summed E-state index contributed by atoms with van der Waals surface area (Å²) in [6.07, 6.45) is 7.21. The third-order valence-corrected chi connectivity index (χ3v) is 7.74. The van der Waals surface area contributed by atoms with Crippen molar-refractivity contribution in [3.05, 3.63) is 71.4 Å². The van der Waals surface area contributed by atoms with Crippen LogP contribution in [0.2, 0.25) is 0 Å². The van der Waals surface area contributed by atoms with Gasteiger partial charge in [-0.1, -0.05) is 12.2 Å². The van der Waals surface area contributed by atoms with Crippen molar-refractivity contribution in [2.75, 3.05) is 31.5 Å². The van der Waals surface area contributed by atoms with Crippen LogP contribution in [0.4, 0.5) is 10.1 Å². The van der Waals surface area contributed by atoms with Gasteiger partial charge in [0.1, 0.15) is 29.5 Å². The van der Waals surface area contributed by atoms with Gasteiger partial charge in [-0.25, -0.2) is 17.6 Å². The van der Waals surface area contributed by atoms with Crippen LogP contribution < -0.4 is 9.46 Å². The number of likely N-dealkylation sites (tertiary alicyclic amines) is 1. The van der Waals surface area contributed by atoms with E-state index in [1.807, 2.05) is 6.08 Å². The molecule has 8 nitrogen and oxygen atoms in total. The topological polar surface area (TPSA) is 98.1 Å². The summed E-state index contributed by atoms with van der Waals surface area (Å²) in [5.74, 6) is -0.520. The molecule has 2 aromatic carbocycles. The number of carbonyl (C=O) groups excluding carboxylic acids is 1. The maximum atomic E-state index is 14.0. The lowest BCUT2D eigenvalue weighted by Gasteiger charge is -2.22. The maximum absolute atomic E-state index is 14.0. The van der Waals surface area contributed by atoms with Gasteiger partial charge < -0.3 is 13.9 Å². The summed E-state index contributed by atoms with van der Waals surface area (Å²) in [6, 6.07) is 8.34. The van der Waals surface area contributed by atoms with Gasteiger partial charge in [0.05, 0.1) is 24.0 Å². The Morgan fingerprint density at radius 2 is 1.97 bits per heavy atom. The molecule has 0 saturated carbocycles. The second kappa shape index (κ2) is 9.79. The first-order valence-electron chi connectivity index (χ1n) is 11.5. The van der Waals surface area contributed by atoms with E-state index in [1.165, 1.54) is 31.6 Å². The third-order valence-electron chi connectivity index (χ3n) is 6.30. The quantitative estimate of drug-likeness (QED) is 0.459. The van der Waals surface area contributed by atoms with Crippen LogP contribution in [-0.4, -0.2) is 46.0 Å². The van der Waals surface area contributed by atoms with Gasteiger partial charge in [0.25, 0.3) is 10.0 Å². The van der Waals surface area contributed by atoms with Crippen LogP contribution in [0, 0.1) is 5.82 Å². The number of nitrogens with one attached hydrogen (secondary N) is 1. The Hall–Kier alpha value is -3.63. The predicted molar refractivity (Wildman–Crippen MR) is 132 cm³/mol. The normalized spacial score (nSPS) is 15.4. The zero-order valence-corrected chi connectivity index (χ0v) is 20.4. The second-order valence-electron chi connectivity index (χ2n) is 8.60. The highest BCUT2D eigenvalue weighted by Gasteiger charge is 2.30. The Bertz CT molecular complexity index is 1440. The smallest absolute Gasteiger partial charge is 0.343 e. The van der Waals surface area contributed by atoms with Crippen LogP contribution >= 0.6 is 0 Å². The van der Waals surface area contributed by atoms with Crippen LogP contribution in [0.5, 0.6) is 5.75 Å². The van der Waals surface area contributed by atoms with E-state index < -0.39 is 21.8 Å². The molecular weight excluding hydrogens is 487 g/mol. The first-order valence-corrected chi connectivity index (χ1v) is 13.0. The number of anilines is 1. The number of rotatable bonds is 7. The molecule has 0 bridgehead atoms. The summed E-state index contributed by atoms with van der Waals surface area (Å²) in [5.41, 5.74) is 1.47. The molecule has 3 aromatic rings. The summed E-state index contributed by atoms with van der Waals surface area (Å²) in [4.78, 5) is 14.9. The molecule has 1 N–H and O–H groups in total. The first-order chi connectivity index (χ1) is 17.4. The highest BCUT2D eigenvalue weighted by atomic mass is 32.2. The van der Waals surface area contributed by atoms with E-state index in [4.69, 9.17) is 13.9 Å². The van der Waals surface area contributed by atoms with Gasteiger partial charge in [0.2, 0.25) is 0 Å². The molecular formula is C26H25FN2O6S. The molecule has 1 saturated heterocycles. The Kier molecular flexibility index (Phi) is 6.55. The van der Waals surface area contributed by atoms with E-state index in [2.05, 4.69) is 9.62 Å². The van der Waals surface area contributed by atoms with Gasteiger partial charge in [-0.15, -0.1) is 0 Å². The molecule has 1 aromatic heterocycles. The van der Waals surface area contributed by atoms with Gasteiger partial charge in [0.15, 0.2) is 0 Å². The van der Waals surface area contributed by atoms with E-state index in [-0.39, 0.29) is 34.1 Å². The zero-order valence-electron chi connectivity index (χ0n) is 19.6. The number of sulfonamides is 1. The average molecular weight is 513 g/mol. The number of hydrogen-bond acceptors (Lipinski definition) is 7. The molecule has 188 valence electrons. The number of hydrogen-bond donors (Lipinski definition) is 1. The van der Waals surface area contributed by atoms with Crippen molar-refractivity contribution < 1.29 is 31.5 Å². The summed E-state index contributed by atoms with van der Waals surface area (Å²) in [7, 11) is -3.01. The Morgan fingerprint density at radius 1 is 1.17 bits per heavy atom. The Morgan fingerprint density at radius 3 is 2.75 bits per heavy atom. The number of ether oxygens (including phenoxy) is 2. The van der Waals surface area contributed by atoms with Gasteiger partial charge in [-0.05, 0) is 67.9 Å². The van der Waals surface area contributed by atoms with Crippen molar-refractivity contribution in [3.8, 4) is 16.9 Å². The molecule has 36 heavy (non-hydrogen) atoms. The van der Waals surface area contributed by atoms with E-state index in [0.29, 0.717) is 17.9 Å². The fourth-order valence-electron chi connectivity index (χ4n) is 4.55. The largest absolute Gasteiger partial charge is 0.484 e. The zero-order chi connectivity index (χ0) is 25.3. The molecule has 1 fully saturated rings. The number of benzene rings is 2. The molecule has 5 rings (SSSR count). The van der Waals surface area contributed by atoms with Crippen LogP contribution in [0.25, 0.3) is 17.2 Å². The molecule has 0 unspecified atom stereocenters. The van der Waals surface area contributed by atoms with Gasteiger partial charge in [0, 0.05) is 17.7 Å². The first kappa shape index (κ1) is 24.1. The summed E-state index contributed by atoms with van der Waals surface area (Å²) in [6.45, 7) is 2.70. The maximum Gasteiger partial charge on any atom is 0.343 e. The lowest BCUT2D eigenvalue weighted by atomic mass is 9.98. The monoisotopic (exact) mass is 512 g/mol. The van der Waals surface area contributed by atoms with Gasteiger partial charge in [-0.2, -0.15) is 0 Å². The van der Waals surface area contributed by atoms with Crippen molar-refractivity contribution in [1.82, 2.24) is 4.90 Å². The van der Waals surface area contributed by atoms with E-state index in [1.54, 1.807) is 18.2 Å². The highest BCUT2D eigenvalue weighted by Crippen LogP contribution is 2.43. The molecule has 10 heteroatoms. The number of esters is 1. The van der Waals surface area contributed by atoms with Crippen molar-refractivity contribution in [2.24, 2.45) is 0 Å². The van der Waals surface area contributed by atoms with E-state index in [0.717, 1.165) is 37.6 Å². The molecule has 2 aliphatic rings. The van der Waals surface area contributed by atoms with E-state index in [9.17, 15) is 17.6 Å². The number of nitrogens with zero attached hydrogens (tertiary/aromatic N) is 1. The summed E-state index contributed by atoms with van der Waals surface area (Å²) < 4.78 is 59.5. The number of fused-ring (bicyclic) bond motifs is 3. The second-order valence-corrected chi connectivity index (χ2v) is 10.3. The SMILES string of the molecule is COC(=O)c1c(NS(=O)(=O)c2ccc(F)cc2/C=C\CN2CCCC2)ccc2c1OCc1occc1-2. The molecule has 0 spiro atoms. The Balaban J connectivity index is 1.51. The number of furan rings is 1. The lowest BCUT2D eigenvalue weighted by molar-refractivity contribution is 0.0596. The van der Waals surface area contributed by atoms with Crippen molar-refractivity contribution in [2.45, 2.75) is 24.3 Å². The lowest BCUT2D eigenvalue weighted by Crippen LogP contribution is -2.19. The minimum absolute atomic E-state index is 0.0103. The van der Waals surface area contributed by atoms with Crippen LogP contribution in [-0.2, 0) is 21.4 Å². The molecule has 0 aliphatic carbocycles. The van der Waals surface area contributed by atoms with Crippen molar-refractivity contribution in [1.29, 1.82) is 0 Å². The fraction of sp³-hybridized carbons (Fsp3) is 0.269. The highest BCUT2D eigenvalue weighted by molar-refractivity contribution is 7.92. The van der Waals surface area contributed by atoms with Gasteiger partial charge >= 0.3 is 5.97 Å². The van der Waals surface area contributed by atoms with Crippen molar-refractivity contribution >= 4 is 27.8 Å². The average Bonchev–Trinajstić information content (AvgIpc) is 3.55. The van der Waals surface area contributed by atoms with Crippen LogP contribution in [0.1, 0.15) is 34.5 Å². The van der Waals surface area contributed by atoms with E-state index >= 15 is 0 Å². The number of carbonyl (C=O) groups is 1. The fourth-order valence-corrected chi connectivity index (χ4v) is 5.81. The molecule has 2 aliphatic heterocycles. The molecule has 0 atom stereocenters. The van der Waals surface area contributed by atoms with Crippen LogP contribution in [0.15, 0.2) is 58.1 Å². The molecule has 0 radical (unpaired) electrons. The van der Waals surface area contributed by atoms with Crippen molar-refractivity contribution in [3.63, 3.8) is 0 Å². The summed E-state index contributed by atoms with van der Waals surface area (Å²) in [5, 5.41) is 0. The molecule has 3 heterocycles. The minimum Gasteiger partial charge on any atom is -0.484 e. The standard InChI is InChI=1S/C26H25FN2O6S/c1-33-26(30)24-21(8-7-20-19-10-14-34-22(19)16-35-25(20)24)28-36(31,32)23-9-6-18(27)15-17(23)5-4-13-29-11-2-3-12-29/h4-10,14-15,28H,2-3,11-13,16H2,1H3/b5-4-. The Labute approximate surface area is 208 Å². The predicted octanol–water partition coefficient (Wildman–Crippen LogP) is 4.67. The number of halogens is 1. The molecule has 0 amide bonds.